The van der Waals surface area contributed by atoms with E-state index in [1.165, 1.54) is 42.5 Å². The number of nitrogens with one attached hydrogen (secondary N) is 1. The van der Waals surface area contributed by atoms with Gasteiger partial charge in [-0.2, -0.15) is 0 Å². The minimum absolute atomic E-state index is 0.0280. The zero-order valence-corrected chi connectivity index (χ0v) is 19.0. The van der Waals surface area contributed by atoms with Crippen LogP contribution in [0.1, 0.15) is 61.8 Å². The van der Waals surface area contributed by atoms with E-state index in [4.69, 9.17) is 0 Å². The first-order valence-corrected chi connectivity index (χ1v) is 12.2. The lowest BCUT2D eigenvalue weighted by Gasteiger charge is -2.22. The fraction of sp³-hybridized carbons (Fsp3) is 0.481. The monoisotopic (exact) mass is 431 g/mol. The zero-order valence-electron chi connectivity index (χ0n) is 19.0. The van der Waals surface area contributed by atoms with Gasteiger partial charge >= 0.3 is 0 Å². The molecule has 2 amide bonds. The Labute approximate surface area is 190 Å². The molecule has 2 aliphatic heterocycles. The van der Waals surface area contributed by atoms with Gasteiger partial charge in [0.1, 0.15) is 0 Å². The second kappa shape index (κ2) is 8.97. The molecule has 32 heavy (non-hydrogen) atoms. The first-order valence-electron chi connectivity index (χ1n) is 12.2. The maximum Gasteiger partial charge on any atom is 0.227 e. The maximum absolute atomic E-state index is 13.0. The van der Waals surface area contributed by atoms with Crippen molar-refractivity contribution in [1.82, 2.24) is 5.32 Å². The molecule has 0 radical (unpaired) electrons. The van der Waals surface area contributed by atoms with E-state index in [0.717, 1.165) is 37.2 Å². The minimum atomic E-state index is -0.305. The van der Waals surface area contributed by atoms with Crippen molar-refractivity contribution in [2.24, 2.45) is 5.92 Å². The Morgan fingerprint density at radius 3 is 2.38 bits per heavy atom. The highest BCUT2D eigenvalue weighted by Crippen LogP contribution is 2.29. The Morgan fingerprint density at radius 1 is 0.938 bits per heavy atom. The summed E-state index contributed by atoms with van der Waals surface area (Å²) >= 11 is 0. The SMILES string of the molecule is CC(NC(=O)C1CC(=O)N(c2ccc(N3CCCC3)cc2)C1)c1ccc2c(c1)CCCC2. The van der Waals surface area contributed by atoms with Crippen LogP contribution in [0.5, 0.6) is 0 Å². The van der Waals surface area contributed by atoms with E-state index >= 15 is 0 Å². The van der Waals surface area contributed by atoms with Crippen LogP contribution in [-0.2, 0) is 22.4 Å². The number of amides is 2. The standard InChI is InChI=1S/C27H33N3O2/c1-19(21-9-8-20-6-2-3-7-22(20)16-21)28-27(32)23-17-26(31)30(18-23)25-12-10-24(11-13-25)29-14-4-5-15-29/h8-13,16,19,23H,2-7,14-15,17-18H2,1H3,(H,28,32). The zero-order chi connectivity index (χ0) is 22.1. The lowest BCUT2D eigenvalue weighted by molar-refractivity contribution is -0.126. The van der Waals surface area contributed by atoms with Crippen molar-refractivity contribution < 1.29 is 9.59 Å². The molecule has 2 fully saturated rings. The number of benzene rings is 2. The van der Waals surface area contributed by atoms with Crippen LogP contribution in [0, 0.1) is 5.92 Å². The largest absolute Gasteiger partial charge is 0.372 e. The summed E-state index contributed by atoms with van der Waals surface area (Å²) in [5, 5.41) is 3.16. The second-order valence-electron chi connectivity index (χ2n) is 9.58. The third-order valence-electron chi connectivity index (χ3n) is 7.36. The van der Waals surface area contributed by atoms with E-state index in [1.807, 2.05) is 19.1 Å². The molecule has 2 unspecified atom stereocenters. The van der Waals surface area contributed by atoms with Crippen molar-refractivity contribution in [2.75, 3.05) is 29.4 Å². The van der Waals surface area contributed by atoms with Crippen molar-refractivity contribution in [3.05, 3.63) is 59.2 Å². The van der Waals surface area contributed by atoms with E-state index in [0.29, 0.717) is 6.54 Å². The van der Waals surface area contributed by atoms with Crippen LogP contribution in [0.4, 0.5) is 11.4 Å². The summed E-state index contributed by atoms with van der Waals surface area (Å²) < 4.78 is 0. The molecular weight excluding hydrogens is 398 g/mol. The Bertz CT molecular complexity index is 994. The van der Waals surface area contributed by atoms with E-state index in [1.54, 1.807) is 4.90 Å². The summed E-state index contributed by atoms with van der Waals surface area (Å²) in [4.78, 5) is 29.8. The summed E-state index contributed by atoms with van der Waals surface area (Å²) in [5.41, 5.74) is 6.13. The van der Waals surface area contributed by atoms with E-state index in [-0.39, 0.29) is 30.2 Å². The van der Waals surface area contributed by atoms with Crippen molar-refractivity contribution in [2.45, 2.75) is 57.9 Å². The fourth-order valence-corrected chi connectivity index (χ4v) is 5.39. The number of hydrogen-bond acceptors (Lipinski definition) is 3. The molecule has 3 aliphatic rings. The molecule has 0 bridgehead atoms. The van der Waals surface area contributed by atoms with Crippen LogP contribution in [-0.4, -0.2) is 31.4 Å². The number of fused-ring (bicyclic) bond motifs is 1. The molecule has 2 saturated heterocycles. The summed E-state index contributed by atoms with van der Waals surface area (Å²) in [6.07, 6.45) is 7.57. The number of anilines is 2. The minimum Gasteiger partial charge on any atom is -0.372 e. The molecule has 5 rings (SSSR count). The third kappa shape index (κ3) is 4.25. The third-order valence-corrected chi connectivity index (χ3v) is 7.36. The second-order valence-corrected chi connectivity index (χ2v) is 9.58. The smallest absolute Gasteiger partial charge is 0.227 e. The molecule has 2 atom stereocenters. The van der Waals surface area contributed by atoms with Crippen molar-refractivity contribution >= 4 is 23.2 Å². The number of hydrogen-bond donors (Lipinski definition) is 1. The van der Waals surface area contributed by atoms with Gasteiger partial charge in [0.05, 0.1) is 12.0 Å². The van der Waals surface area contributed by atoms with Crippen LogP contribution in [0.2, 0.25) is 0 Å². The van der Waals surface area contributed by atoms with Gasteiger partial charge in [-0.05, 0) is 86.4 Å². The Kier molecular flexibility index (Phi) is 5.90. The van der Waals surface area contributed by atoms with Gasteiger partial charge in [0.25, 0.3) is 0 Å². The fourth-order valence-electron chi connectivity index (χ4n) is 5.39. The van der Waals surface area contributed by atoms with E-state index < -0.39 is 0 Å². The van der Waals surface area contributed by atoms with Gasteiger partial charge in [-0.3, -0.25) is 9.59 Å². The Balaban J connectivity index is 1.21. The molecule has 5 heteroatoms. The first-order chi connectivity index (χ1) is 15.6. The van der Waals surface area contributed by atoms with Crippen molar-refractivity contribution in [1.29, 1.82) is 0 Å². The highest BCUT2D eigenvalue weighted by Gasteiger charge is 2.35. The number of carbonyl (C=O) groups excluding carboxylic acids is 2. The van der Waals surface area contributed by atoms with Gasteiger partial charge < -0.3 is 15.1 Å². The van der Waals surface area contributed by atoms with Gasteiger partial charge in [0.2, 0.25) is 11.8 Å². The van der Waals surface area contributed by atoms with E-state index in [2.05, 4.69) is 40.5 Å². The molecular formula is C27H33N3O2. The van der Waals surface area contributed by atoms with Crippen molar-refractivity contribution in [3.63, 3.8) is 0 Å². The molecule has 0 spiro atoms. The normalized spacial score (nSPS) is 21.5. The number of aryl methyl sites for hydroxylation is 2. The first kappa shape index (κ1) is 21.0. The average Bonchev–Trinajstić information content (AvgIpc) is 3.49. The topological polar surface area (TPSA) is 52.7 Å². The number of rotatable bonds is 5. The van der Waals surface area contributed by atoms with Crippen LogP contribution in [0.3, 0.4) is 0 Å². The van der Waals surface area contributed by atoms with Crippen LogP contribution >= 0.6 is 0 Å². The van der Waals surface area contributed by atoms with Gasteiger partial charge in [-0.25, -0.2) is 0 Å². The molecule has 1 aliphatic carbocycles. The highest BCUT2D eigenvalue weighted by atomic mass is 16.2. The van der Waals surface area contributed by atoms with Crippen LogP contribution in [0.25, 0.3) is 0 Å². The van der Waals surface area contributed by atoms with Crippen LogP contribution in [0.15, 0.2) is 42.5 Å². The van der Waals surface area contributed by atoms with Crippen molar-refractivity contribution in [3.8, 4) is 0 Å². The lowest BCUT2D eigenvalue weighted by Crippen LogP contribution is -2.34. The maximum atomic E-state index is 13.0. The Hall–Kier alpha value is -2.82. The number of nitrogens with zero attached hydrogens (tertiary/aromatic N) is 2. The van der Waals surface area contributed by atoms with Crippen LogP contribution < -0.4 is 15.1 Å². The summed E-state index contributed by atoms with van der Waals surface area (Å²) in [6, 6.07) is 14.8. The molecule has 5 nitrogen and oxygen atoms in total. The molecule has 2 aromatic rings. The van der Waals surface area contributed by atoms with Gasteiger partial charge in [-0.1, -0.05) is 18.2 Å². The quantitative estimate of drug-likeness (QED) is 0.764. The highest BCUT2D eigenvalue weighted by molar-refractivity contribution is 6.00. The molecule has 168 valence electrons. The summed E-state index contributed by atoms with van der Waals surface area (Å²) in [7, 11) is 0. The summed E-state index contributed by atoms with van der Waals surface area (Å²) in [6.45, 7) is 4.69. The molecule has 2 heterocycles. The molecule has 1 N–H and O–H groups in total. The predicted molar refractivity (Wildman–Crippen MR) is 128 cm³/mol. The van der Waals surface area contributed by atoms with Gasteiger partial charge in [0.15, 0.2) is 0 Å². The van der Waals surface area contributed by atoms with E-state index in [9.17, 15) is 9.59 Å². The van der Waals surface area contributed by atoms with Gasteiger partial charge in [0, 0.05) is 37.4 Å². The van der Waals surface area contributed by atoms with Gasteiger partial charge in [-0.15, -0.1) is 0 Å². The average molecular weight is 432 g/mol. The molecule has 0 aromatic heterocycles. The predicted octanol–water partition coefficient (Wildman–Crippen LogP) is 4.40. The Morgan fingerprint density at radius 2 is 1.62 bits per heavy atom. The lowest BCUT2D eigenvalue weighted by atomic mass is 9.89. The number of carbonyl (C=O) groups is 2. The summed E-state index contributed by atoms with van der Waals surface area (Å²) in [5.74, 6) is -0.305. The molecule has 2 aromatic carbocycles. The molecule has 0 saturated carbocycles.